The molecule has 1 aromatic carbocycles. The lowest BCUT2D eigenvalue weighted by Gasteiger charge is -2.26. The highest BCUT2D eigenvalue weighted by Crippen LogP contribution is 2.56. The average molecular weight is 236 g/mol. The summed E-state index contributed by atoms with van der Waals surface area (Å²) in [4.78, 5) is 0. The van der Waals surface area contributed by atoms with Crippen LogP contribution >= 0.6 is 0 Å². The molecule has 0 bridgehead atoms. The summed E-state index contributed by atoms with van der Waals surface area (Å²) < 4.78 is 10.8. The van der Waals surface area contributed by atoms with Gasteiger partial charge in [0, 0.05) is 0 Å². The number of rotatable bonds is 5. The minimum Gasteiger partial charge on any atom is -0.496 e. The Kier molecular flexibility index (Phi) is 3.26. The fourth-order valence-electron chi connectivity index (χ4n) is 2.28. The topological polar surface area (TPSA) is 56.5 Å². The van der Waals surface area contributed by atoms with Crippen LogP contribution in [-0.2, 0) is 0 Å². The van der Waals surface area contributed by atoms with Gasteiger partial charge in [0.1, 0.15) is 11.5 Å². The molecule has 0 saturated heterocycles. The van der Waals surface area contributed by atoms with Crippen molar-refractivity contribution < 1.29 is 9.47 Å². The van der Waals surface area contributed by atoms with Gasteiger partial charge in [-0.2, -0.15) is 0 Å². The number of benzene rings is 1. The molecule has 1 aromatic rings. The Balaban J connectivity index is 2.47. The van der Waals surface area contributed by atoms with Crippen LogP contribution in [-0.4, -0.2) is 14.2 Å². The number of hydrogen-bond acceptors (Lipinski definition) is 4. The van der Waals surface area contributed by atoms with Crippen molar-refractivity contribution in [3.8, 4) is 11.5 Å². The van der Waals surface area contributed by atoms with Crippen LogP contribution < -0.4 is 20.7 Å². The van der Waals surface area contributed by atoms with Crippen molar-refractivity contribution in [1.82, 2.24) is 5.43 Å². The summed E-state index contributed by atoms with van der Waals surface area (Å²) in [5.74, 6) is 7.36. The monoisotopic (exact) mass is 236 g/mol. The molecule has 0 amide bonds. The van der Waals surface area contributed by atoms with E-state index in [1.807, 2.05) is 18.2 Å². The summed E-state index contributed by atoms with van der Waals surface area (Å²) in [6, 6.07) is 5.86. The van der Waals surface area contributed by atoms with E-state index >= 15 is 0 Å². The third-order valence-corrected chi connectivity index (χ3v) is 3.66. The molecule has 1 aliphatic carbocycles. The van der Waals surface area contributed by atoms with Crippen molar-refractivity contribution in [3.05, 3.63) is 23.8 Å². The van der Waals surface area contributed by atoms with E-state index in [4.69, 9.17) is 15.3 Å². The molecule has 3 N–H and O–H groups in total. The first-order valence-electron chi connectivity index (χ1n) is 5.83. The van der Waals surface area contributed by atoms with Gasteiger partial charge in [0.05, 0.1) is 25.8 Å². The Hall–Kier alpha value is -1.26. The lowest BCUT2D eigenvalue weighted by Crippen LogP contribution is -2.34. The molecule has 0 radical (unpaired) electrons. The van der Waals surface area contributed by atoms with E-state index in [1.165, 1.54) is 12.8 Å². The predicted octanol–water partition coefficient (Wildman–Crippen LogP) is 2.01. The standard InChI is InChI=1S/C13H20N2O2/c1-13(7-8-13)12(15-14)11-9(16-2)5-4-6-10(11)17-3/h4-6,12,15H,7-8,14H2,1-3H3. The Morgan fingerprint density at radius 3 is 2.12 bits per heavy atom. The van der Waals surface area contributed by atoms with Crippen LogP contribution in [0.3, 0.4) is 0 Å². The molecule has 4 nitrogen and oxygen atoms in total. The highest BCUT2D eigenvalue weighted by atomic mass is 16.5. The first-order valence-corrected chi connectivity index (χ1v) is 5.83. The molecule has 1 aliphatic rings. The van der Waals surface area contributed by atoms with Gasteiger partial charge in [-0.05, 0) is 30.4 Å². The Labute approximate surface area is 102 Å². The lowest BCUT2D eigenvalue weighted by molar-refractivity contribution is 0.325. The smallest absolute Gasteiger partial charge is 0.127 e. The van der Waals surface area contributed by atoms with Crippen molar-refractivity contribution in [1.29, 1.82) is 0 Å². The van der Waals surface area contributed by atoms with Crippen molar-refractivity contribution in [2.45, 2.75) is 25.8 Å². The third kappa shape index (κ3) is 2.10. The molecule has 1 saturated carbocycles. The number of ether oxygens (including phenoxy) is 2. The lowest BCUT2D eigenvalue weighted by atomic mass is 9.91. The van der Waals surface area contributed by atoms with E-state index in [9.17, 15) is 0 Å². The summed E-state index contributed by atoms with van der Waals surface area (Å²) in [6.45, 7) is 2.23. The highest BCUT2D eigenvalue weighted by molar-refractivity contribution is 5.48. The van der Waals surface area contributed by atoms with Crippen LogP contribution in [0.4, 0.5) is 0 Å². The highest BCUT2D eigenvalue weighted by Gasteiger charge is 2.47. The van der Waals surface area contributed by atoms with Crippen LogP contribution in [0.5, 0.6) is 11.5 Å². The summed E-state index contributed by atoms with van der Waals surface area (Å²) in [7, 11) is 3.34. The first kappa shape index (κ1) is 12.2. The fourth-order valence-corrected chi connectivity index (χ4v) is 2.28. The zero-order valence-electron chi connectivity index (χ0n) is 10.6. The molecule has 0 aliphatic heterocycles. The molecular weight excluding hydrogens is 216 g/mol. The van der Waals surface area contributed by atoms with Gasteiger partial charge >= 0.3 is 0 Å². The van der Waals surface area contributed by atoms with Gasteiger partial charge in [0.2, 0.25) is 0 Å². The molecule has 1 unspecified atom stereocenters. The second-order valence-corrected chi connectivity index (χ2v) is 4.83. The molecule has 1 fully saturated rings. The number of methoxy groups -OCH3 is 2. The zero-order chi connectivity index (χ0) is 12.5. The maximum atomic E-state index is 5.72. The minimum atomic E-state index is 0.0635. The summed E-state index contributed by atoms with van der Waals surface area (Å²) in [5.41, 5.74) is 4.13. The SMILES string of the molecule is COc1cccc(OC)c1C(NN)C1(C)CC1. The van der Waals surface area contributed by atoms with E-state index in [0.717, 1.165) is 17.1 Å². The average Bonchev–Trinajstić information content (AvgIpc) is 3.09. The van der Waals surface area contributed by atoms with Crippen molar-refractivity contribution in [2.24, 2.45) is 11.3 Å². The Bertz CT molecular complexity index is 380. The zero-order valence-corrected chi connectivity index (χ0v) is 10.6. The van der Waals surface area contributed by atoms with E-state index in [0.29, 0.717) is 0 Å². The van der Waals surface area contributed by atoms with Crippen LogP contribution in [0.2, 0.25) is 0 Å². The van der Waals surface area contributed by atoms with Gasteiger partial charge in [-0.25, -0.2) is 0 Å². The van der Waals surface area contributed by atoms with E-state index in [1.54, 1.807) is 14.2 Å². The normalized spacial score (nSPS) is 18.6. The van der Waals surface area contributed by atoms with Gasteiger partial charge in [-0.3, -0.25) is 11.3 Å². The van der Waals surface area contributed by atoms with Crippen LogP contribution in [0, 0.1) is 5.41 Å². The fraction of sp³-hybridized carbons (Fsp3) is 0.538. The summed E-state index contributed by atoms with van der Waals surface area (Å²) in [6.07, 6.45) is 2.34. The third-order valence-electron chi connectivity index (χ3n) is 3.66. The van der Waals surface area contributed by atoms with Crippen LogP contribution in [0.25, 0.3) is 0 Å². The number of nitrogens with one attached hydrogen (secondary N) is 1. The Morgan fingerprint density at radius 1 is 1.24 bits per heavy atom. The number of hydrogen-bond donors (Lipinski definition) is 2. The molecule has 17 heavy (non-hydrogen) atoms. The van der Waals surface area contributed by atoms with Crippen molar-refractivity contribution >= 4 is 0 Å². The predicted molar refractivity (Wildman–Crippen MR) is 67.0 cm³/mol. The maximum absolute atomic E-state index is 5.72. The van der Waals surface area contributed by atoms with Crippen LogP contribution in [0.15, 0.2) is 18.2 Å². The second-order valence-electron chi connectivity index (χ2n) is 4.83. The van der Waals surface area contributed by atoms with E-state index in [2.05, 4.69) is 12.3 Å². The maximum Gasteiger partial charge on any atom is 0.127 e. The first-order chi connectivity index (χ1) is 8.16. The molecule has 0 heterocycles. The quantitative estimate of drug-likeness (QED) is 0.606. The second kappa shape index (κ2) is 4.55. The summed E-state index contributed by atoms with van der Waals surface area (Å²) >= 11 is 0. The molecular formula is C13H20N2O2. The summed E-state index contributed by atoms with van der Waals surface area (Å²) in [5, 5.41) is 0. The van der Waals surface area contributed by atoms with Gasteiger partial charge < -0.3 is 9.47 Å². The van der Waals surface area contributed by atoms with Crippen molar-refractivity contribution in [3.63, 3.8) is 0 Å². The molecule has 0 aromatic heterocycles. The molecule has 2 rings (SSSR count). The molecule has 94 valence electrons. The van der Waals surface area contributed by atoms with Crippen LogP contribution in [0.1, 0.15) is 31.4 Å². The molecule has 0 spiro atoms. The van der Waals surface area contributed by atoms with Crippen molar-refractivity contribution in [2.75, 3.05) is 14.2 Å². The van der Waals surface area contributed by atoms with Gasteiger partial charge in [0.25, 0.3) is 0 Å². The van der Waals surface area contributed by atoms with E-state index < -0.39 is 0 Å². The number of hydrazine groups is 1. The van der Waals surface area contributed by atoms with Gasteiger partial charge in [0.15, 0.2) is 0 Å². The molecule has 4 heteroatoms. The largest absolute Gasteiger partial charge is 0.496 e. The molecule has 1 atom stereocenters. The number of nitrogens with two attached hydrogens (primary N) is 1. The van der Waals surface area contributed by atoms with Gasteiger partial charge in [-0.1, -0.05) is 13.0 Å². The van der Waals surface area contributed by atoms with Gasteiger partial charge in [-0.15, -0.1) is 0 Å². The minimum absolute atomic E-state index is 0.0635. The van der Waals surface area contributed by atoms with E-state index in [-0.39, 0.29) is 11.5 Å². The Morgan fingerprint density at radius 2 is 1.76 bits per heavy atom.